The molecule has 4 saturated carbocycles. The van der Waals surface area contributed by atoms with Crippen LogP contribution in [0.5, 0.6) is 0 Å². The Morgan fingerprint density at radius 3 is 2.20 bits per heavy atom. The van der Waals surface area contributed by atoms with E-state index in [2.05, 4.69) is 40.7 Å². The Labute approximate surface area is 211 Å². The van der Waals surface area contributed by atoms with E-state index in [0.717, 1.165) is 24.8 Å². The van der Waals surface area contributed by atoms with Gasteiger partial charge in [-0.2, -0.15) is 0 Å². The molecule has 0 spiro atoms. The molecule has 0 aromatic rings. The molecule has 0 unspecified atom stereocenters. The van der Waals surface area contributed by atoms with Crippen LogP contribution in [0.4, 0.5) is 0 Å². The molecule has 0 aromatic heterocycles. The minimum atomic E-state index is -0.478. The van der Waals surface area contributed by atoms with Crippen molar-refractivity contribution < 1.29 is 24.2 Å². The molecule has 1 N–H and O–H groups in total. The average Bonchev–Trinajstić information content (AvgIpc) is 3.15. The van der Waals surface area contributed by atoms with Gasteiger partial charge in [0.05, 0.1) is 6.10 Å². The van der Waals surface area contributed by atoms with Crippen LogP contribution >= 0.6 is 0 Å². The van der Waals surface area contributed by atoms with Gasteiger partial charge in [-0.3, -0.25) is 9.59 Å². The summed E-state index contributed by atoms with van der Waals surface area (Å²) in [5, 5.41) is 12.0. The highest BCUT2D eigenvalue weighted by Gasteiger charge is 2.70. The number of ether oxygens (including phenoxy) is 2. The monoisotopic (exact) mass is 486 g/mol. The predicted octanol–water partition coefficient (Wildman–Crippen LogP) is 5.84. The van der Waals surface area contributed by atoms with Crippen molar-refractivity contribution in [3.8, 4) is 0 Å². The molecule has 0 amide bonds. The van der Waals surface area contributed by atoms with Gasteiger partial charge in [-0.1, -0.05) is 47.1 Å². The lowest BCUT2D eigenvalue weighted by atomic mass is 9.34. The standard InChI is InChI=1S/C30H46O5/c1-17(31)34-20-10-9-19-21(35-18(2)32)15-24-29(6)14-11-22-27(3,4)12-8-13-28(22,5)23(29)16-25(33)30(24,7)26(19)20/h9,20-26,33H,8,10-16H2,1-7H3/t20-,21+,22+,23-,24+,25-,26-,28+,29-,30-/m1/s1. The quantitative estimate of drug-likeness (QED) is 0.392. The first-order valence-corrected chi connectivity index (χ1v) is 14.0. The lowest BCUT2D eigenvalue weighted by Crippen LogP contribution is -2.68. The van der Waals surface area contributed by atoms with Gasteiger partial charge in [-0.25, -0.2) is 0 Å². The smallest absolute Gasteiger partial charge is 0.303 e. The van der Waals surface area contributed by atoms with Gasteiger partial charge in [0.25, 0.3) is 0 Å². The highest BCUT2D eigenvalue weighted by atomic mass is 16.5. The van der Waals surface area contributed by atoms with Gasteiger partial charge < -0.3 is 14.6 Å². The van der Waals surface area contributed by atoms with E-state index < -0.39 is 11.5 Å². The summed E-state index contributed by atoms with van der Waals surface area (Å²) in [4.78, 5) is 24.2. The third kappa shape index (κ3) is 3.49. The Kier molecular flexibility index (Phi) is 5.83. The second-order valence-electron chi connectivity index (χ2n) is 14.1. The number of esters is 2. The van der Waals surface area contributed by atoms with Crippen LogP contribution in [0.2, 0.25) is 0 Å². The number of hydrogen-bond donors (Lipinski definition) is 1. The van der Waals surface area contributed by atoms with E-state index in [9.17, 15) is 14.7 Å². The Balaban J connectivity index is 1.59. The number of aliphatic hydroxyl groups is 1. The molecule has 5 rings (SSSR count). The molecule has 0 bridgehead atoms. The molecule has 4 fully saturated rings. The van der Waals surface area contributed by atoms with E-state index in [0.29, 0.717) is 23.7 Å². The van der Waals surface area contributed by atoms with Crippen molar-refractivity contribution in [2.75, 3.05) is 0 Å². The SMILES string of the molecule is CC(=O)O[C@H]1C[C@H]2[C@]3(C)CC[C@H]4C(C)(C)CCC[C@]4(C)[C@H]3C[C@@H](O)[C@]2(C)[C@@H]2C1=CC[C@H]2OC(C)=O. The summed E-state index contributed by atoms with van der Waals surface area (Å²) in [5.41, 5.74) is 1.21. The topological polar surface area (TPSA) is 72.8 Å². The summed E-state index contributed by atoms with van der Waals surface area (Å²) in [5.74, 6) is 0.619. The molecular weight excluding hydrogens is 440 g/mol. The summed E-state index contributed by atoms with van der Waals surface area (Å²) in [6.45, 7) is 15.1. The molecule has 35 heavy (non-hydrogen) atoms. The van der Waals surface area contributed by atoms with Crippen LogP contribution in [0.15, 0.2) is 11.6 Å². The number of rotatable bonds is 2. The first-order valence-electron chi connectivity index (χ1n) is 14.0. The van der Waals surface area contributed by atoms with Crippen LogP contribution in [0, 0.1) is 45.3 Å². The lowest BCUT2D eigenvalue weighted by Gasteiger charge is -2.71. The summed E-state index contributed by atoms with van der Waals surface area (Å²) >= 11 is 0. The molecule has 5 aliphatic rings. The number of carbonyl (C=O) groups excluding carboxylic acids is 2. The van der Waals surface area contributed by atoms with Gasteiger partial charge in [0.2, 0.25) is 0 Å². The fourth-order valence-corrected chi connectivity index (χ4v) is 10.8. The predicted molar refractivity (Wildman–Crippen MR) is 134 cm³/mol. The Morgan fingerprint density at radius 2 is 1.54 bits per heavy atom. The van der Waals surface area contributed by atoms with E-state index in [1.54, 1.807) is 0 Å². The van der Waals surface area contributed by atoms with Crippen LogP contribution < -0.4 is 0 Å². The van der Waals surface area contributed by atoms with Crippen LogP contribution in [-0.2, 0) is 19.1 Å². The second kappa shape index (κ2) is 8.07. The van der Waals surface area contributed by atoms with Gasteiger partial charge in [0, 0.05) is 31.6 Å². The highest BCUT2D eigenvalue weighted by molar-refractivity contribution is 5.67. The Bertz CT molecular complexity index is 937. The fraction of sp³-hybridized carbons (Fsp3) is 0.867. The van der Waals surface area contributed by atoms with E-state index in [-0.39, 0.29) is 46.8 Å². The van der Waals surface area contributed by atoms with E-state index in [4.69, 9.17) is 9.47 Å². The van der Waals surface area contributed by atoms with Gasteiger partial charge in [-0.05, 0) is 78.1 Å². The zero-order valence-corrected chi connectivity index (χ0v) is 22.9. The molecule has 0 aromatic carbocycles. The lowest BCUT2D eigenvalue weighted by molar-refractivity contribution is -0.252. The zero-order chi connectivity index (χ0) is 25.6. The summed E-state index contributed by atoms with van der Waals surface area (Å²) in [6, 6.07) is 0. The van der Waals surface area contributed by atoms with Gasteiger partial charge in [0.15, 0.2) is 0 Å². The molecular formula is C30H46O5. The van der Waals surface area contributed by atoms with Gasteiger partial charge >= 0.3 is 11.9 Å². The van der Waals surface area contributed by atoms with Crippen LogP contribution in [0.1, 0.15) is 99.8 Å². The minimum Gasteiger partial charge on any atom is -0.462 e. The maximum atomic E-state index is 12.2. The third-order valence-electron chi connectivity index (χ3n) is 12.0. The van der Waals surface area contributed by atoms with Crippen molar-refractivity contribution >= 4 is 11.9 Å². The first-order chi connectivity index (χ1) is 16.2. The molecule has 196 valence electrons. The molecule has 5 heteroatoms. The molecule has 5 nitrogen and oxygen atoms in total. The van der Waals surface area contributed by atoms with Crippen molar-refractivity contribution in [3.05, 3.63) is 11.6 Å². The highest BCUT2D eigenvalue weighted by Crippen LogP contribution is 2.74. The van der Waals surface area contributed by atoms with Crippen LogP contribution in [0.25, 0.3) is 0 Å². The van der Waals surface area contributed by atoms with Crippen molar-refractivity contribution in [2.24, 2.45) is 45.3 Å². The van der Waals surface area contributed by atoms with Crippen LogP contribution in [-0.4, -0.2) is 35.4 Å². The maximum Gasteiger partial charge on any atom is 0.303 e. The molecule has 0 aliphatic heterocycles. The Morgan fingerprint density at radius 1 is 0.886 bits per heavy atom. The fourth-order valence-electron chi connectivity index (χ4n) is 10.8. The van der Waals surface area contributed by atoms with Gasteiger partial charge in [0.1, 0.15) is 12.2 Å². The van der Waals surface area contributed by atoms with Crippen molar-refractivity contribution in [1.29, 1.82) is 0 Å². The largest absolute Gasteiger partial charge is 0.462 e. The van der Waals surface area contributed by atoms with Crippen molar-refractivity contribution in [3.63, 3.8) is 0 Å². The van der Waals surface area contributed by atoms with E-state index >= 15 is 0 Å². The summed E-state index contributed by atoms with van der Waals surface area (Å²) in [6.07, 6.45) is 9.36. The number of carbonyl (C=O) groups is 2. The molecule has 0 radical (unpaired) electrons. The molecule has 5 aliphatic carbocycles. The molecule has 0 saturated heterocycles. The number of hydrogen-bond acceptors (Lipinski definition) is 5. The minimum absolute atomic E-state index is 0.0416. The summed E-state index contributed by atoms with van der Waals surface area (Å²) < 4.78 is 11.8. The van der Waals surface area contributed by atoms with E-state index in [1.165, 1.54) is 39.5 Å². The van der Waals surface area contributed by atoms with Crippen molar-refractivity contribution in [1.82, 2.24) is 0 Å². The number of fused-ring (bicyclic) bond motifs is 7. The van der Waals surface area contributed by atoms with Crippen molar-refractivity contribution in [2.45, 2.75) is 118 Å². The Hall–Kier alpha value is -1.36. The normalized spacial score (nSPS) is 50.1. The van der Waals surface area contributed by atoms with Gasteiger partial charge in [-0.15, -0.1) is 0 Å². The van der Waals surface area contributed by atoms with E-state index in [1.807, 2.05) is 0 Å². The molecule has 10 atom stereocenters. The maximum absolute atomic E-state index is 12.2. The second-order valence-corrected chi connectivity index (χ2v) is 14.1. The number of aliphatic hydroxyl groups excluding tert-OH is 1. The third-order valence-corrected chi connectivity index (χ3v) is 12.0. The first kappa shape index (κ1) is 25.3. The zero-order valence-electron chi connectivity index (χ0n) is 22.9. The molecule has 0 heterocycles. The summed E-state index contributed by atoms with van der Waals surface area (Å²) in [7, 11) is 0. The van der Waals surface area contributed by atoms with Crippen LogP contribution in [0.3, 0.4) is 0 Å². The average molecular weight is 487 g/mol.